The number of hydrogen-bond donors (Lipinski definition) is 2. The Balaban J connectivity index is 1.55. The molecule has 1 atom stereocenters. The molecule has 1 aliphatic rings. The number of hydrogen-bond acceptors (Lipinski definition) is 4. The number of aliphatic hydroxyl groups excluding tert-OH is 1. The van der Waals surface area contributed by atoms with Crippen molar-refractivity contribution in [2.24, 2.45) is 0 Å². The predicted octanol–water partition coefficient (Wildman–Crippen LogP) is 5.80. The van der Waals surface area contributed by atoms with Crippen LogP contribution in [0.25, 0.3) is 16.7 Å². The summed E-state index contributed by atoms with van der Waals surface area (Å²) in [7, 11) is 1.62. The van der Waals surface area contributed by atoms with Crippen LogP contribution >= 0.6 is 11.6 Å². The summed E-state index contributed by atoms with van der Waals surface area (Å²) < 4.78 is 5.36. The van der Waals surface area contributed by atoms with E-state index < -0.39 is 17.7 Å². The van der Waals surface area contributed by atoms with E-state index in [9.17, 15) is 14.7 Å². The number of aromatic amines is 1. The van der Waals surface area contributed by atoms with Crippen LogP contribution in [-0.4, -0.2) is 40.3 Å². The molecule has 0 spiro atoms. The monoisotopic (exact) mass is 500 g/mol. The Hall–Kier alpha value is -4.03. The molecular formula is C29H25ClN2O4. The number of nitrogens with zero attached hydrogens (tertiary/aromatic N) is 1. The van der Waals surface area contributed by atoms with Crippen LogP contribution in [0.15, 0.2) is 78.5 Å². The van der Waals surface area contributed by atoms with Crippen LogP contribution in [0, 0.1) is 6.92 Å². The van der Waals surface area contributed by atoms with Crippen LogP contribution < -0.4 is 4.74 Å². The molecule has 0 aliphatic carbocycles. The SMILES string of the molecule is COc1ccc2[nH]cc(CCN3C(=O)C(=O)/C(=C(\O)c4ccc(Cl)cc4)C3c3ccc(C)cc3)c2c1. The highest BCUT2D eigenvalue weighted by Gasteiger charge is 2.45. The number of nitrogens with one attached hydrogen (secondary N) is 1. The summed E-state index contributed by atoms with van der Waals surface area (Å²) in [6, 6.07) is 19.3. The maximum absolute atomic E-state index is 13.3. The molecule has 182 valence electrons. The lowest BCUT2D eigenvalue weighted by Gasteiger charge is -2.25. The number of aliphatic hydroxyl groups is 1. The quantitative estimate of drug-likeness (QED) is 0.199. The number of amides is 1. The number of carbonyl (C=O) groups is 2. The van der Waals surface area contributed by atoms with E-state index in [1.165, 1.54) is 0 Å². The van der Waals surface area contributed by atoms with E-state index in [1.807, 2.05) is 55.6 Å². The van der Waals surface area contributed by atoms with Crippen molar-refractivity contribution < 1.29 is 19.4 Å². The summed E-state index contributed by atoms with van der Waals surface area (Å²) in [5.41, 5.74) is 4.29. The van der Waals surface area contributed by atoms with E-state index in [1.54, 1.807) is 36.3 Å². The molecule has 5 rings (SSSR count). The number of H-pyrrole nitrogens is 1. The molecule has 2 N–H and O–H groups in total. The number of rotatable bonds is 6. The number of aromatic nitrogens is 1. The van der Waals surface area contributed by atoms with E-state index in [2.05, 4.69) is 4.98 Å². The van der Waals surface area contributed by atoms with E-state index in [-0.39, 0.29) is 11.3 Å². The summed E-state index contributed by atoms with van der Waals surface area (Å²) in [5, 5.41) is 12.7. The summed E-state index contributed by atoms with van der Waals surface area (Å²) in [6.07, 6.45) is 2.43. The maximum Gasteiger partial charge on any atom is 0.295 e. The Bertz CT molecular complexity index is 1490. The molecule has 3 aromatic carbocycles. The van der Waals surface area contributed by atoms with E-state index in [0.717, 1.165) is 33.3 Å². The van der Waals surface area contributed by atoms with Crippen molar-refractivity contribution in [1.29, 1.82) is 0 Å². The van der Waals surface area contributed by atoms with Gasteiger partial charge in [-0.1, -0.05) is 41.4 Å². The third-order valence-electron chi connectivity index (χ3n) is 6.65. The van der Waals surface area contributed by atoms with Crippen molar-refractivity contribution >= 4 is 40.0 Å². The minimum absolute atomic E-state index is 0.0757. The summed E-state index contributed by atoms with van der Waals surface area (Å²) in [6.45, 7) is 2.27. The predicted molar refractivity (Wildman–Crippen MR) is 140 cm³/mol. The number of benzene rings is 3. The number of carbonyl (C=O) groups excluding carboxylic acids is 2. The zero-order chi connectivity index (χ0) is 25.4. The fraction of sp³-hybridized carbons (Fsp3) is 0.172. The highest BCUT2D eigenvalue weighted by molar-refractivity contribution is 6.46. The molecule has 1 unspecified atom stereocenters. The lowest BCUT2D eigenvalue weighted by atomic mass is 9.94. The third-order valence-corrected chi connectivity index (χ3v) is 6.90. The van der Waals surface area contributed by atoms with Gasteiger partial charge < -0.3 is 19.7 Å². The first-order valence-corrected chi connectivity index (χ1v) is 12.0. The average Bonchev–Trinajstić information content (AvgIpc) is 3.40. The normalized spacial score (nSPS) is 17.2. The number of ether oxygens (including phenoxy) is 1. The molecule has 0 bridgehead atoms. The minimum atomic E-state index is -0.707. The molecule has 36 heavy (non-hydrogen) atoms. The number of halogens is 1. The van der Waals surface area contributed by atoms with Gasteiger partial charge in [0.25, 0.3) is 11.7 Å². The Labute approximate surface area is 213 Å². The molecule has 1 aromatic heterocycles. The molecule has 1 saturated heterocycles. The van der Waals surface area contributed by atoms with Gasteiger partial charge in [0.1, 0.15) is 11.5 Å². The molecule has 1 fully saturated rings. The van der Waals surface area contributed by atoms with Gasteiger partial charge in [-0.2, -0.15) is 0 Å². The van der Waals surface area contributed by atoms with Gasteiger partial charge in [0.15, 0.2) is 0 Å². The number of fused-ring (bicyclic) bond motifs is 1. The Morgan fingerprint density at radius 1 is 1.06 bits per heavy atom. The molecule has 2 heterocycles. The zero-order valence-corrected chi connectivity index (χ0v) is 20.7. The van der Waals surface area contributed by atoms with Gasteiger partial charge in [-0.15, -0.1) is 0 Å². The fourth-order valence-corrected chi connectivity index (χ4v) is 4.83. The number of likely N-dealkylation sites (tertiary alicyclic amines) is 1. The van der Waals surface area contributed by atoms with Gasteiger partial charge in [-0.05, 0) is 66.9 Å². The topological polar surface area (TPSA) is 82.6 Å². The second-order valence-electron chi connectivity index (χ2n) is 8.89. The fourth-order valence-electron chi connectivity index (χ4n) is 4.70. The van der Waals surface area contributed by atoms with Gasteiger partial charge >= 0.3 is 0 Å². The smallest absolute Gasteiger partial charge is 0.295 e. The van der Waals surface area contributed by atoms with E-state index in [4.69, 9.17) is 16.3 Å². The summed E-state index contributed by atoms with van der Waals surface area (Å²) in [5.74, 6) is -0.802. The van der Waals surface area contributed by atoms with Gasteiger partial charge in [-0.3, -0.25) is 9.59 Å². The summed E-state index contributed by atoms with van der Waals surface area (Å²) in [4.78, 5) is 31.3. The van der Waals surface area contributed by atoms with Crippen LogP contribution in [0.2, 0.25) is 5.02 Å². The van der Waals surface area contributed by atoms with Crippen LogP contribution in [0.4, 0.5) is 0 Å². The highest BCUT2D eigenvalue weighted by Crippen LogP contribution is 2.40. The molecule has 4 aromatic rings. The van der Waals surface area contributed by atoms with E-state index in [0.29, 0.717) is 23.6 Å². The largest absolute Gasteiger partial charge is 0.507 e. The molecule has 1 aliphatic heterocycles. The molecule has 0 radical (unpaired) electrons. The van der Waals surface area contributed by atoms with Crippen molar-refractivity contribution in [3.63, 3.8) is 0 Å². The van der Waals surface area contributed by atoms with Crippen molar-refractivity contribution in [3.05, 3.63) is 106 Å². The Kier molecular flexibility index (Phi) is 6.29. The number of aryl methyl sites for hydroxylation is 1. The number of methoxy groups -OCH3 is 1. The van der Waals surface area contributed by atoms with E-state index >= 15 is 0 Å². The van der Waals surface area contributed by atoms with Crippen molar-refractivity contribution in [1.82, 2.24) is 9.88 Å². The molecule has 6 nitrogen and oxygen atoms in total. The Morgan fingerprint density at radius 3 is 2.47 bits per heavy atom. The third kappa shape index (κ3) is 4.25. The minimum Gasteiger partial charge on any atom is -0.507 e. The number of ketones is 1. The average molecular weight is 501 g/mol. The molecule has 0 saturated carbocycles. The van der Waals surface area contributed by atoms with Gasteiger partial charge in [0, 0.05) is 34.2 Å². The van der Waals surface area contributed by atoms with Crippen LogP contribution in [0.5, 0.6) is 5.75 Å². The first kappa shape index (κ1) is 23.7. The van der Waals surface area contributed by atoms with Gasteiger partial charge in [0.05, 0.1) is 18.7 Å². The second kappa shape index (κ2) is 9.55. The molecule has 1 amide bonds. The second-order valence-corrected chi connectivity index (χ2v) is 9.32. The van der Waals surface area contributed by atoms with Gasteiger partial charge in [0.2, 0.25) is 0 Å². The lowest BCUT2D eigenvalue weighted by molar-refractivity contribution is -0.139. The standard InChI is InChI=1S/C29H25ClN2O4/c1-17-3-5-18(6-4-17)26-25(27(33)19-7-9-21(30)10-8-19)28(34)29(35)32(26)14-13-20-16-31-24-12-11-22(36-2)15-23(20)24/h3-12,15-16,26,31,33H,13-14H2,1-2H3/b27-25-. The van der Waals surface area contributed by atoms with Crippen LogP contribution in [0.1, 0.15) is 28.3 Å². The van der Waals surface area contributed by atoms with Crippen molar-refractivity contribution in [3.8, 4) is 5.75 Å². The summed E-state index contributed by atoms with van der Waals surface area (Å²) >= 11 is 6.00. The number of Topliss-reactive ketones (excluding diaryl/α,β-unsaturated/α-hetero) is 1. The van der Waals surface area contributed by atoms with Crippen molar-refractivity contribution in [2.45, 2.75) is 19.4 Å². The molecular weight excluding hydrogens is 476 g/mol. The highest BCUT2D eigenvalue weighted by atomic mass is 35.5. The van der Waals surface area contributed by atoms with Crippen molar-refractivity contribution in [2.75, 3.05) is 13.7 Å². The zero-order valence-electron chi connectivity index (χ0n) is 19.9. The first-order chi connectivity index (χ1) is 17.4. The Morgan fingerprint density at radius 2 is 1.78 bits per heavy atom. The first-order valence-electron chi connectivity index (χ1n) is 11.6. The molecule has 7 heteroatoms. The maximum atomic E-state index is 13.3. The lowest BCUT2D eigenvalue weighted by Crippen LogP contribution is -2.31. The van der Waals surface area contributed by atoms with Gasteiger partial charge in [-0.25, -0.2) is 0 Å². The van der Waals surface area contributed by atoms with Crippen LogP contribution in [0.3, 0.4) is 0 Å². The van der Waals surface area contributed by atoms with Crippen LogP contribution in [-0.2, 0) is 16.0 Å².